The standard InChI is InChI=1S/C17H21N3O3/c1-2-23-15-5-3-14(4-6-15)13-17(22)20-11-9-19(10-12-20)16(21)7-8-18/h3-6H,2,7,9-13H2,1H3. The molecule has 122 valence electrons. The number of nitrogens with zero attached hydrogens (tertiary/aromatic N) is 3. The minimum Gasteiger partial charge on any atom is -0.494 e. The minimum atomic E-state index is -0.161. The molecule has 0 aromatic heterocycles. The molecule has 0 saturated carbocycles. The molecule has 6 heteroatoms. The van der Waals surface area contributed by atoms with Crippen molar-refractivity contribution >= 4 is 11.8 Å². The Kier molecular flexibility index (Phi) is 5.98. The van der Waals surface area contributed by atoms with Gasteiger partial charge in [0.25, 0.3) is 0 Å². The number of amides is 2. The first kappa shape index (κ1) is 16.8. The van der Waals surface area contributed by atoms with Crippen LogP contribution >= 0.6 is 0 Å². The lowest BCUT2D eigenvalue weighted by molar-refractivity contribution is -0.138. The Morgan fingerprint density at radius 2 is 1.65 bits per heavy atom. The zero-order chi connectivity index (χ0) is 16.7. The highest BCUT2D eigenvalue weighted by Crippen LogP contribution is 2.14. The van der Waals surface area contributed by atoms with Crippen LogP contribution in [-0.2, 0) is 16.0 Å². The fourth-order valence-corrected chi connectivity index (χ4v) is 2.54. The molecule has 1 aromatic carbocycles. The largest absolute Gasteiger partial charge is 0.494 e. The van der Waals surface area contributed by atoms with Crippen molar-refractivity contribution in [2.45, 2.75) is 19.8 Å². The molecule has 6 nitrogen and oxygen atoms in total. The van der Waals surface area contributed by atoms with Crippen molar-refractivity contribution in [1.29, 1.82) is 5.26 Å². The van der Waals surface area contributed by atoms with E-state index in [1.165, 1.54) is 0 Å². The summed E-state index contributed by atoms with van der Waals surface area (Å²) in [7, 11) is 0. The van der Waals surface area contributed by atoms with Gasteiger partial charge in [-0.2, -0.15) is 5.26 Å². The first-order valence-electron chi connectivity index (χ1n) is 7.78. The Balaban J connectivity index is 1.83. The van der Waals surface area contributed by atoms with Crippen LogP contribution in [0.25, 0.3) is 0 Å². The number of ether oxygens (including phenoxy) is 1. The van der Waals surface area contributed by atoms with E-state index in [4.69, 9.17) is 10.00 Å². The molecular weight excluding hydrogens is 294 g/mol. The van der Waals surface area contributed by atoms with Crippen LogP contribution in [-0.4, -0.2) is 54.4 Å². The lowest BCUT2D eigenvalue weighted by Crippen LogP contribution is -2.50. The van der Waals surface area contributed by atoms with Crippen LogP contribution in [0.2, 0.25) is 0 Å². The molecule has 0 N–H and O–H groups in total. The van der Waals surface area contributed by atoms with Gasteiger partial charge in [0, 0.05) is 26.2 Å². The second-order valence-corrected chi connectivity index (χ2v) is 5.35. The van der Waals surface area contributed by atoms with E-state index in [0.717, 1.165) is 11.3 Å². The average molecular weight is 315 g/mol. The van der Waals surface area contributed by atoms with Crippen molar-refractivity contribution in [3.63, 3.8) is 0 Å². The first-order valence-corrected chi connectivity index (χ1v) is 7.78. The second-order valence-electron chi connectivity index (χ2n) is 5.35. The third-order valence-corrected chi connectivity index (χ3v) is 3.81. The summed E-state index contributed by atoms with van der Waals surface area (Å²) in [4.78, 5) is 27.4. The molecule has 1 aliphatic rings. The molecule has 0 aliphatic carbocycles. The van der Waals surface area contributed by atoms with E-state index >= 15 is 0 Å². The van der Waals surface area contributed by atoms with Gasteiger partial charge in [-0.1, -0.05) is 12.1 Å². The normalized spacial score (nSPS) is 14.3. The summed E-state index contributed by atoms with van der Waals surface area (Å²) in [6, 6.07) is 9.39. The Hall–Kier alpha value is -2.55. The van der Waals surface area contributed by atoms with Gasteiger partial charge in [0.2, 0.25) is 11.8 Å². The summed E-state index contributed by atoms with van der Waals surface area (Å²) in [5.41, 5.74) is 0.946. The highest BCUT2D eigenvalue weighted by molar-refractivity contribution is 5.80. The fraction of sp³-hybridized carbons (Fsp3) is 0.471. The molecule has 0 radical (unpaired) electrons. The SMILES string of the molecule is CCOc1ccc(CC(=O)N2CCN(C(=O)CC#N)CC2)cc1. The number of rotatable bonds is 5. The smallest absolute Gasteiger partial charge is 0.236 e. The van der Waals surface area contributed by atoms with Crippen molar-refractivity contribution in [3.05, 3.63) is 29.8 Å². The van der Waals surface area contributed by atoms with E-state index in [9.17, 15) is 9.59 Å². The summed E-state index contributed by atoms with van der Waals surface area (Å²) in [5, 5.41) is 8.55. The summed E-state index contributed by atoms with van der Waals surface area (Å²) in [6.07, 6.45) is 0.249. The van der Waals surface area contributed by atoms with Gasteiger partial charge < -0.3 is 14.5 Å². The van der Waals surface area contributed by atoms with Gasteiger partial charge in [-0.05, 0) is 24.6 Å². The third kappa shape index (κ3) is 4.71. The summed E-state index contributed by atoms with van der Waals surface area (Å²) >= 11 is 0. The molecular formula is C17H21N3O3. The lowest BCUT2D eigenvalue weighted by atomic mass is 10.1. The fourth-order valence-electron chi connectivity index (χ4n) is 2.54. The van der Waals surface area contributed by atoms with Crippen molar-refractivity contribution in [2.75, 3.05) is 32.8 Å². The van der Waals surface area contributed by atoms with Gasteiger partial charge in [-0.3, -0.25) is 9.59 Å². The van der Waals surface area contributed by atoms with Crippen LogP contribution in [0.5, 0.6) is 5.75 Å². The minimum absolute atomic E-state index is 0.0570. The molecule has 1 heterocycles. The van der Waals surface area contributed by atoms with E-state index in [1.54, 1.807) is 9.80 Å². The maximum atomic E-state index is 12.3. The van der Waals surface area contributed by atoms with Crippen LogP contribution in [0.1, 0.15) is 18.9 Å². The first-order chi connectivity index (χ1) is 11.1. The van der Waals surface area contributed by atoms with E-state index in [0.29, 0.717) is 39.2 Å². The maximum absolute atomic E-state index is 12.3. The Morgan fingerprint density at radius 3 is 2.17 bits per heavy atom. The number of benzene rings is 1. The number of nitriles is 1. The van der Waals surface area contributed by atoms with Gasteiger partial charge >= 0.3 is 0 Å². The Bertz CT molecular complexity index is 584. The molecule has 0 atom stereocenters. The van der Waals surface area contributed by atoms with Crippen molar-refractivity contribution in [2.24, 2.45) is 0 Å². The van der Waals surface area contributed by atoms with Gasteiger partial charge in [0.1, 0.15) is 12.2 Å². The molecule has 1 fully saturated rings. The van der Waals surface area contributed by atoms with E-state index in [1.807, 2.05) is 37.3 Å². The second kappa shape index (κ2) is 8.18. The summed E-state index contributed by atoms with van der Waals surface area (Å²) in [5.74, 6) is 0.695. The van der Waals surface area contributed by atoms with Crippen LogP contribution in [0.15, 0.2) is 24.3 Å². The van der Waals surface area contributed by atoms with E-state index in [2.05, 4.69) is 0 Å². The summed E-state index contributed by atoms with van der Waals surface area (Å²) < 4.78 is 5.38. The third-order valence-electron chi connectivity index (χ3n) is 3.81. The van der Waals surface area contributed by atoms with E-state index < -0.39 is 0 Å². The van der Waals surface area contributed by atoms with Crippen molar-refractivity contribution < 1.29 is 14.3 Å². The topological polar surface area (TPSA) is 73.6 Å². The molecule has 1 aromatic rings. The monoisotopic (exact) mass is 315 g/mol. The summed E-state index contributed by atoms with van der Waals surface area (Å²) in [6.45, 7) is 4.58. The van der Waals surface area contributed by atoms with Gasteiger partial charge in [0.05, 0.1) is 19.1 Å². The molecule has 2 amide bonds. The molecule has 23 heavy (non-hydrogen) atoms. The molecule has 0 bridgehead atoms. The van der Waals surface area contributed by atoms with Crippen LogP contribution in [0, 0.1) is 11.3 Å². The Morgan fingerprint density at radius 1 is 1.09 bits per heavy atom. The number of carbonyl (C=O) groups is 2. The highest BCUT2D eigenvalue weighted by atomic mass is 16.5. The average Bonchev–Trinajstić information content (AvgIpc) is 2.57. The number of carbonyl (C=O) groups excluding carboxylic acids is 2. The molecule has 0 unspecified atom stereocenters. The Labute approximate surface area is 136 Å². The predicted molar refractivity (Wildman–Crippen MR) is 84.7 cm³/mol. The zero-order valence-electron chi connectivity index (χ0n) is 13.3. The molecule has 1 aliphatic heterocycles. The van der Waals surface area contributed by atoms with Crippen molar-refractivity contribution in [1.82, 2.24) is 9.80 Å². The number of piperazine rings is 1. The predicted octanol–water partition coefficient (Wildman–Crippen LogP) is 1.21. The number of hydrogen-bond acceptors (Lipinski definition) is 4. The quantitative estimate of drug-likeness (QED) is 0.818. The maximum Gasteiger partial charge on any atom is 0.236 e. The zero-order valence-corrected chi connectivity index (χ0v) is 13.3. The van der Waals surface area contributed by atoms with Crippen LogP contribution < -0.4 is 4.74 Å². The molecule has 2 rings (SSSR count). The van der Waals surface area contributed by atoms with Crippen LogP contribution in [0.4, 0.5) is 0 Å². The molecule has 0 spiro atoms. The van der Waals surface area contributed by atoms with Crippen LogP contribution in [0.3, 0.4) is 0 Å². The van der Waals surface area contributed by atoms with Gasteiger partial charge in [0.15, 0.2) is 0 Å². The van der Waals surface area contributed by atoms with Gasteiger partial charge in [-0.25, -0.2) is 0 Å². The molecule has 1 saturated heterocycles. The van der Waals surface area contributed by atoms with Crippen molar-refractivity contribution in [3.8, 4) is 11.8 Å². The van der Waals surface area contributed by atoms with E-state index in [-0.39, 0.29) is 18.2 Å². The van der Waals surface area contributed by atoms with Gasteiger partial charge in [-0.15, -0.1) is 0 Å². The number of hydrogen-bond donors (Lipinski definition) is 0. The highest BCUT2D eigenvalue weighted by Gasteiger charge is 2.23. The lowest BCUT2D eigenvalue weighted by Gasteiger charge is -2.34.